The second kappa shape index (κ2) is 3.76. The van der Waals surface area contributed by atoms with Crippen molar-refractivity contribution in [3.8, 4) is 5.75 Å². The first-order valence-electron chi connectivity index (χ1n) is 4.58. The van der Waals surface area contributed by atoms with Gasteiger partial charge in [0.05, 0.1) is 13.2 Å². The second-order valence-electron chi connectivity index (χ2n) is 3.30. The van der Waals surface area contributed by atoms with Crippen molar-refractivity contribution < 1.29 is 13.9 Å². The zero-order valence-electron chi connectivity index (χ0n) is 8.21. The fraction of sp³-hybridized carbons (Fsp3) is 0.300. The summed E-state index contributed by atoms with van der Waals surface area (Å²) in [5.41, 5.74) is 0.826. The fourth-order valence-electron chi connectivity index (χ4n) is 1.55. The van der Waals surface area contributed by atoms with Crippen molar-refractivity contribution in [3.05, 3.63) is 29.6 Å². The molecule has 2 N–H and O–H groups in total. The number of ether oxygens (including phenoxy) is 1. The lowest BCUT2D eigenvalue weighted by molar-refractivity contribution is 0.247. The van der Waals surface area contributed by atoms with E-state index < -0.39 is 5.82 Å². The summed E-state index contributed by atoms with van der Waals surface area (Å²) in [6.45, 7) is 0.508. The fourth-order valence-corrected chi connectivity index (χ4v) is 1.55. The molecule has 4 nitrogen and oxygen atoms in total. The van der Waals surface area contributed by atoms with Gasteiger partial charge in [0.15, 0.2) is 11.6 Å². The first kappa shape index (κ1) is 9.76. The first-order valence-corrected chi connectivity index (χ1v) is 4.58. The summed E-state index contributed by atoms with van der Waals surface area (Å²) in [7, 11) is 1.41. The van der Waals surface area contributed by atoms with Crippen molar-refractivity contribution in [1.82, 2.24) is 10.6 Å². The van der Waals surface area contributed by atoms with E-state index in [2.05, 4.69) is 10.6 Å². The van der Waals surface area contributed by atoms with E-state index in [0.717, 1.165) is 5.56 Å². The Balaban J connectivity index is 2.25. The number of halogens is 1. The van der Waals surface area contributed by atoms with Crippen LogP contribution in [0.15, 0.2) is 18.2 Å². The van der Waals surface area contributed by atoms with Gasteiger partial charge in [-0.15, -0.1) is 0 Å². The Labute approximate surface area is 86.4 Å². The maximum atomic E-state index is 13.1. The van der Waals surface area contributed by atoms with Crippen LogP contribution in [0.5, 0.6) is 5.75 Å². The molecule has 2 rings (SSSR count). The molecule has 1 heterocycles. The van der Waals surface area contributed by atoms with Crippen molar-refractivity contribution in [2.24, 2.45) is 0 Å². The van der Waals surface area contributed by atoms with Gasteiger partial charge in [0.25, 0.3) is 0 Å². The lowest BCUT2D eigenvalue weighted by atomic mass is 10.1. The number of rotatable bonds is 2. The summed E-state index contributed by atoms with van der Waals surface area (Å²) in [4.78, 5) is 10.9. The van der Waals surface area contributed by atoms with E-state index in [4.69, 9.17) is 4.74 Å². The predicted molar refractivity (Wildman–Crippen MR) is 52.2 cm³/mol. The van der Waals surface area contributed by atoms with E-state index >= 15 is 0 Å². The Morgan fingerprint density at radius 2 is 2.33 bits per heavy atom. The first-order chi connectivity index (χ1) is 7.20. The topological polar surface area (TPSA) is 50.4 Å². The van der Waals surface area contributed by atoms with Gasteiger partial charge in [-0.2, -0.15) is 0 Å². The zero-order chi connectivity index (χ0) is 10.8. The summed E-state index contributed by atoms with van der Waals surface area (Å²) in [5, 5.41) is 5.35. The van der Waals surface area contributed by atoms with Gasteiger partial charge in [-0.25, -0.2) is 9.18 Å². The van der Waals surface area contributed by atoms with E-state index in [1.165, 1.54) is 13.2 Å². The molecule has 15 heavy (non-hydrogen) atoms. The van der Waals surface area contributed by atoms with E-state index in [1.54, 1.807) is 12.1 Å². The van der Waals surface area contributed by atoms with Crippen LogP contribution in [0, 0.1) is 5.82 Å². The molecule has 1 fully saturated rings. The van der Waals surface area contributed by atoms with E-state index in [9.17, 15) is 9.18 Å². The van der Waals surface area contributed by atoms with Crippen LogP contribution >= 0.6 is 0 Å². The molecule has 0 spiro atoms. The van der Waals surface area contributed by atoms with Crippen molar-refractivity contribution in [3.63, 3.8) is 0 Å². The molecule has 1 aromatic carbocycles. The molecule has 0 unspecified atom stereocenters. The van der Waals surface area contributed by atoms with Crippen molar-refractivity contribution in [2.75, 3.05) is 13.7 Å². The predicted octanol–water partition coefficient (Wildman–Crippen LogP) is 1.19. The Hall–Kier alpha value is -1.78. The molecular weight excluding hydrogens is 199 g/mol. The largest absolute Gasteiger partial charge is 0.494 e. The highest BCUT2D eigenvalue weighted by molar-refractivity contribution is 5.76. The van der Waals surface area contributed by atoms with Gasteiger partial charge in [-0.1, -0.05) is 6.07 Å². The normalized spacial score (nSPS) is 19.6. The lowest BCUT2D eigenvalue weighted by Gasteiger charge is -2.10. The van der Waals surface area contributed by atoms with Crippen LogP contribution in [0.3, 0.4) is 0 Å². The average Bonchev–Trinajstić information content (AvgIpc) is 2.66. The molecule has 1 aromatic rings. The number of benzene rings is 1. The summed E-state index contributed by atoms with van der Waals surface area (Å²) >= 11 is 0. The highest BCUT2D eigenvalue weighted by atomic mass is 19.1. The summed E-state index contributed by atoms with van der Waals surface area (Å²) in [5.74, 6) is -0.216. The maximum Gasteiger partial charge on any atom is 0.315 e. The van der Waals surface area contributed by atoms with Gasteiger partial charge < -0.3 is 15.4 Å². The highest BCUT2D eigenvalue weighted by Crippen LogP contribution is 2.23. The third-order valence-corrected chi connectivity index (χ3v) is 2.35. The number of amides is 2. The molecule has 1 atom stereocenters. The minimum Gasteiger partial charge on any atom is -0.494 e. The Morgan fingerprint density at radius 3 is 2.93 bits per heavy atom. The van der Waals surface area contributed by atoms with E-state index in [-0.39, 0.29) is 17.8 Å². The number of carbonyl (C=O) groups excluding carboxylic acids is 1. The van der Waals surface area contributed by atoms with Crippen molar-refractivity contribution in [2.45, 2.75) is 6.04 Å². The van der Waals surface area contributed by atoms with Crippen LogP contribution in [0.2, 0.25) is 0 Å². The average molecular weight is 210 g/mol. The van der Waals surface area contributed by atoms with Crippen LogP contribution in [-0.4, -0.2) is 19.7 Å². The molecule has 1 aliphatic heterocycles. The molecule has 0 bridgehead atoms. The van der Waals surface area contributed by atoms with Crippen molar-refractivity contribution in [1.29, 1.82) is 0 Å². The number of carbonyl (C=O) groups is 1. The highest BCUT2D eigenvalue weighted by Gasteiger charge is 2.22. The molecule has 0 radical (unpaired) electrons. The molecule has 1 saturated heterocycles. The van der Waals surface area contributed by atoms with Gasteiger partial charge in [-0.05, 0) is 17.7 Å². The lowest BCUT2D eigenvalue weighted by Crippen LogP contribution is -2.21. The van der Waals surface area contributed by atoms with Crippen LogP contribution in [0.25, 0.3) is 0 Å². The Morgan fingerprint density at radius 1 is 1.53 bits per heavy atom. The summed E-state index contributed by atoms with van der Waals surface area (Å²) in [6, 6.07) is 4.23. The molecule has 0 aliphatic carbocycles. The van der Waals surface area contributed by atoms with Crippen LogP contribution in [0.1, 0.15) is 11.6 Å². The number of nitrogens with one attached hydrogen (secondary N) is 2. The molecule has 1 aliphatic rings. The standard InChI is InChI=1S/C10H11FN2O2/c1-15-9-4-6(2-3-7(9)11)8-5-12-10(14)13-8/h2-4,8H,5H2,1H3,(H2,12,13,14)/t8-/m0/s1. The minimum atomic E-state index is -0.404. The number of hydrogen-bond acceptors (Lipinski definition) is 2. The van der Waals surface area contributed by atoms with Gasteiger partial charge >= 0.3 is 6.03 Å². The molecule has 0 aromatic heterocycles. The second-order valence-corrected chi connectivity index (χ2v) is 3.30. The van der Waals surface area contributed by atoms with Crippen LogP contribution < -0.4 is 15.4 Å². The summed E-state index contributed by atoms with van der Waals surface area (Å²) in [6.07, 6.45) is 0. The Kier molecular flexibility index (Phi) is 2.45. The molecule has 80 valence electrons. The quantitative estimate of drug-likeness (QED) is 0.770. The summed E-state index contributed by atoms with van der Waals surface area (Å²) < 4.78 is 18.0. The van der Waals surface area contributed by atoms with Gasteiger partial charge in [0.1, 0.15) is 0 Å². The third kappa shape index (κ3) is 1.86. The molecule has 5 heteroatoms. The van der Waals surface area contributed by atoms with Crippen LogP contribution in [0.4, 0.5) is 9.18 Å². The monoisotopic (exact) mass is 210 g/mol. The SMILES string of the molecule is COc1cc([C@@H]2CNC(=O)N2)ccc1F. The van der Waals surface area contributed by atoms with Gasteiger partial charge in [0.2, 0.25) is 0 Å². The van der Waals surface area contributed by atoms with Gasteiger partial charge in [-0.3, -0.25) is 0 Å². The van der Waals surface area contributed by atoms with E-state index in [0.29, 0.717) is 6.54 Å². The minimum absolute atomic E-state index is 0.119. The molecular formula is C10H11FN2O2. The molecule has 2 amide bonds. The number of urea groups is 1. The number of hydrogen-bond donors (Lipinski definition) is 2. The van der Waals surface area contributed by atoms with E-state index in [1.807, 2.05) is 0 Å². The number of methoxy groups -OCH3 is 1. The smallest absolute Gasteiger partial charge is 0.315 e. The maximum absolute atomic E-state index is 13.1. The van der Waals surface area contributed by atoms with Gasteiger partial charge in [0, 0.05) is 6.54 Å². The van der Waals surface area contributed by atoms with Crippen molar-refractivity contribution >= 4 is 6.03 Å². The van der Waals surface area contributed by atoms with Crippen LogP contribution in [-0.2, 0) is 0 Å². The Bertz CT molecular complexity index is 395. The third-order valence-electron chi connectivity index (χ3n) is 2.35. The zero-order valence-corrected chi connectivity index (χ0v) is 8.21. The molecule has 0 saturated carbocycles.